The minimum atomic E-state index is -0.879. The summed E-state index contributed by atoms with van der Waals surface area (Å²) in [4.78, 5) is 31.9. The van der Waals surface area contributed by atoms with Crippen LogP contribution in [0.3, 0.4) is 0 Å². The highest BCUT2D eigenvalue weighted by Gasteiger charge is 2.63. The third-order valence-electron chi connectivity index (χ3n) is 14.3. The molecule has 272 valence electrons. The Morgan fingerprint density at radius 2 is 1.57 bits per heavy atom. The van der Waals surface area contributed by atoms with Crippen molar-refractivity contribution in [2.24, 2.45) is 45.6 Å². The molecule has 0 bridgehead atoms. The Bertz CT molecular complexity index is 1700. The Morgan fingerprint density at radius 3 is 2.25 bits per heavy atom. The second kappa shape index (κ2) is 13.2. The van der Waals surface area contributed by atoms with Crippen LogP contribution in [-0.2, 0) is 23.8 Å². The van der Waals surface area contributed by atoms with Crippen molar-refractivity contribution in [2.45, 2.75) is 104 Å². The minimum Gasteiger partial charge on any atom is -0.449 e. The van der Waals surface area contributed by atoms with Gasteiger partial charge in [0.25, 0.3) is 0 Å². The lowest BCUT2D eigenvalue weighted by Crippen LogP contribution is -2.53. The third kappa shape index (κ3) is 5.85. The van der Waals surface area contributed by atoms with Crippen LogP contribution >= 0.6 is 0 Å². The van der Waals surface area contributed by atoms with Gasteiger partial charge in [0.05, 0.1) is 18.9 Å². The van der Waals surface area contributed by atoms with E-state index in [9.17, 15) is 9.59 Å². The zero-order chi connectivity index (χ0) is 35.5. The number of amides is 1. The maximum Gasteiger partial charge on any atom is 0.407 e. The predicted molar refractivity (Wildman–Crippen MR) is 196 cm³/mol. The molecule has 2 aromatic carbocycles. The molecule has 1 N–H and O–H groups in total. The van der Waals surface area contributed by atoms with Gasteiger partial charge in [0, 0.05) is 11.8 Å². The van der Waals surface area contributed by atoms with Crippen LogP contribution in [0.25, 0.3) is 11.1 Å². The number of carbonyl (C=O) groups is 2. The number of carbonyl (C=O) groups excluding carboxylic acids is 2. The molecule has 1 heterocycles. The second-order valence-corrected chi connectivity index (χ2v) is 17.1. The lowest BCUT2D eigenvalue weighted by atomic mass is 9.46. The lowest BCUT2D eigenvalue weighted by molar-refractivity contribution is -0.214. The van der Waals surface area contributed by atoms with E-state index in [0.29, 0.717) is 36.9 Å². The van der Waals surface area contributed by atoms with E-state index in [4.69, 9.17) is 19.0 Å². The highest BCUT2D eigenvalue weighted by molar-refractivity contribution is 5.97. The van der Waals surface area contributed by atoms with Crippen LogP contribution in [0.2, 0.25) is 0 Å². The Kier molecular flexibility index (Phi) is 8.93. The molecular weight excluding hydrogens is 640 g/mol. The van der Waals surface area contributed by atoms with E-state index in [-0.39, 0.29) is 29.3 Å². The number of nitrogens with zero attached hydrogens (tertiary/aromatic N) is 1. The van der Waals surface area contributed by atoms with Gasteiger partial charge >= 0.3 is 12.1 Å². The monoisotopic (exact) mass is 694 g/mol. The van der Waals surface area contributed by atoms with Crippen LogP contribution in [0.4, 0.5) is 4.79 Å². The Labute approximate surface area is 302 Å². The quantitative estimate of drug-likeness (QED) is 0.230. The first-order valence-electron chi connectivity index (χ1n) is 19.4. The molecule has 1 saturated heterocycles. The maximum atomic E-state index is 13.3. The van der Waals surface area contributed by atoms with Gasteiger partial charge in [0.15, 0.2) is 5.79 Å². The summed E-state index contributed by atoms with van der Waals surface area (Å²) in [6.45, 7) is 12.5. The van der Waals surface area contributed by atoms with E-state index < -0.39 is 23.9 Å². The van der Waals surface area contributed by atoms with Gasteiger partial charge in [-0.3, -0.25) is 0 Å². The number of ether oxygens (including phenoxy) is 3. The van der Waals surface area contributed by atoms with Crippen molar-refractivity contribution in [3.63, 3.8) is 0 Å². The van der Waals surface area contributed by atoms with E-state index in [1.54, 1.807) is 0 Å². The predicted octanol–water partition coefficient (Wildman–Crippen LogP) is 8.79. The number of rotatable bonds is 7. The third-order valence-corrected chi connectivity index (χ3v) is 14.3. The summed E-state index contributed by atoms with van der Waals surface area (Å²) in [5, 5.41) is 7.14. The second-order valence-electron chi connectivity index (χ2n) is 17.1. The minimum absolute atomic E-state index is 0.0585. The number of oxime groups is 1. The van der Waals surface area contributed by atoms with Gasteiger partial charge in [0.1, 0.15) is 12.6 Å². The molecule has 0 aromatic heterocycles. The summed E-state index contributed by atoms with van der Waals surface area (Å²) in [6, 6.07) is 15.6. The smallest absolute Gasteiger partial charge is 0.407 e. The summed E-state index contributed by atoms with van der Waals surface area (Å²) in [5.41, 5.74) is 7.27. The first kappa shape index (κ1) is 34.6. The molecule has 0 spiro atoms. The summed E-state index contributed by atoms with van der Waals surface area (Å²) in [5.74, 6) is 1.25. The van der Waals surface area contributed by atoms with Gasteiger partial charge < -0.3 is 24.4 Å². The van der Waals surface area contributed by atoms with Crippen molar-refractivity contribution >= 4 is 17.8 Å². The van der Waals surface area contributed by atoms with Gasteiger partial charge in [-0.05, 0) is 121 Å². The van der Waals surface area contributed by atoms with Crippen molar-refractivity contribution in [1.82, 2.24) is 5.32 Å². The summed E-state index contributed by atoms with van der Waals surface area (Å²) >= 11 is 0. The lowest BCUT2D eigenvalue weighted by Gasteiger charge is -2.59. The normalized spacial score (nSPS) is 33.4. The Morgan fingerprint density at radius 1 is 0.882 bits per heavy atom. The van der Waals surface area contributed by atoms with Crippen molar-refractivity contribution in [3.05, 3.63) is 71.3 Å². The molecule has 5 aliphatic carbocycles. The van der Waals surface area contributed by atoms with Crippen LogP contribution in [-0.4, -0.2) is 49.4 Å². The van der Waals surface area contributed by atoms with Crippen LogP contribution in [0, 0.1) is 40.4 Å². The van der Waals surface area contributed by atoms with Crippen molar-refractivity contribution in [2.75, 3.05) is 19.8 Å². The molecule has 8 nitrogen and oxygen atoms in total. The van der Waals surface area contributed by atoms with Gasteiger partial charge in [-0.2, -0.15) is 0 Å². The van der Waals surface area contributed by atoms with Crippen LogP contribution < -0.4 is 5.32 Å². The number of alkyl carbamates (subject to hydrolysis) is 1. The van der Waals surface area contributed by atoms with Crippen LogP contribution in [0.15, 0.2) is 65.3 Å². The average Bonchev–Trinajstić information content (AvgIpc) is 3.82. The van der Waals surface area contributed by atoms with E-state index in [2.05, 4.69) is 61.6 Å². The largest absolute Gasteiger partial charge is 0.449 e. The molecule has 51 heavy (non-hydrogen) atoms. The Balaban J connectivity index is 0.894. The zero-order valence-electron chi connectivity index (χ0n) is 30.9. The number of fused-ring (bicyclic) bond motifs is 8. The summed E-state index contributed by atoms with van der Waals surface area (Å²) in [7, 11) is 0. The van der Waals surface area contributed by atoms with E-state index >= 15 is 0 Å². The molecule has 3 unspecified atom stereocenters. The maximum absolute atomic E-state index is 13.3. The number of allylic oxidation sites excluding steroid dienone is 2. The first-order chi connectivity index (χ1) is 24.5. The van der Waals surface area contributed by atoms with Gasteiger partial charge in [0.2, 0.25) is 0 Å². The number of hydrogen-bond donors (Lipinski definition) is 1. The number of hydrogen-bond acceptors (Lipinski definition) is 7. The van der Waals surface area contributed by atoms with Gasteiger partial charge in [-0.15, -0.1) is 0 Å². The zero-order valence-corrected chi connectivity index (χ0v) is 30.9. The molecule has 6 aliphatic rings. The molecular formula is C43H54N2O6. The number of nitrogens with one attached hydrogen (secondary N) is 1. The van der Waals surface area contributed by atoms with Crippen LogP contribution in [0.1, 0.15) is 103 Å². The molecule has 8 heteroatoms. The van der Waals surface area contributed by atoms with E-state index in [1.807, 2.05) is 38.1 Å². The molecule has 2 aromatic rings. The van der Waals surface area contributed by atoms with Crippen LogP contribution in [0.5, 0.6) is 0 Å². The molecule has 4 fully saturated rings. The SMILES string of the molecule is CC(C)[C@H](NC(=O)OCC1c2ccccc2-c2ccccc21)C(=O)O/N=C1/C=C2CCC3C(CC[C@@]4(C)C3CC[C@@H]4C3(C)OCCO3)[C@@]2(C)CC1. The molecule has 3 saturated carbocycles. The van der Waals surface area contributed by atoms with E-state index in [1.165, 1.54) is 48.8 Å². The molecule has 0 radical (unpaired) electrons. The highest BCUT2D eigenvalue weighted by atomic mass is 16.7. The Hall–Kier alpha value is -3.49. The van der Waals surface area contributed by atoms with E-state index in [0.717, 1.165) is 36.1 Å². The van der Waals surface area contributed by atoms with Crippen molar-refractivity contribution in [1.29, 1.82) is 0 Å². The fourth-order valence-corrected chi connectivity index (χ4v) is 11.7. The number of benzene rings is 2. The standard InChI is InChI=1S/C43H54N2O6/c1-26(2)38(44-40(47)48-25-34-31-12-8-6-10-29(31)30-11-7-9-13-32(30)34)39(46)51-45-28-18-20-41(3)27(24-28)14-15-33-35-16-17-37(43(5)49-22-23-50-43)42(35,4)21-19-36(33)41/h6-13,24,26,33-38H,14-23,25H2,1-5H3,(H,44,47)/b45-28+/t33?,35?,36?,37-,38-,41-,42-/m0/s1. The fourth-order valence-electron chi connectivity index (χ4n) is 11.7. The fraction of sp³-hybridized carbons (Fsp3) is 0.605. The summed E-state index contributed by atoms with van der Waals surface area (Å²) < 4.78 is 18.2. The molecule has 7 atom stereocenters. The van der Waals surface area contributed by atoms with Crippen molar-refractivity contribution in [3.8, 4) is 11.1 Å². The summed E-state index contributed by atoms with van der Waals surface area (Å²) in [6.07, 6.45) is 10.5. The first-order valence-corrected chi connectivity index (χ1v) is 19.4. The topological polar surface area (TPSA) is 95.5 Å². The van der Waals surface area contributed by atoms with Gasteiger partial charge in [-0.25, -0.2) is 9.59 Å². The highest BCUT2D eigenvalue weighted by Crippen LogP contribution is 2.68. The van der Waals surface area contributed by atoms with Crippen molar-refractivity contribution < 1.29 is 28.6 Å². The molecule has 8 rings (SSSR count). The molecule has 1 aliphatic heterocycles. The average molecular weight is 695 g/mol. The molecule has 1 amide bonds. The van der Waals surface area contributed by atoms with Gasteiger partial charge in [-0.1, -0.05) is 87.0 Å².